The molecule has 0 N–H and O–H groups in total. The van der Waals surface area contributed by atoms with Crippen molar-refractivity contribution < 1.29 is 14.5 Å². The van der Waals surface area contributed by atoms with E-state index in [1.165, 1.54) is 30.7 Å². The lowest BCUT2D eigenvalue weighted by Crippen LogP contribution is -2.20. The Balaban J connectivity index is 1.97. The van der Waals surface area contributed by atoms with Gasteiger partial charge in [-0.2, -0.15) is 0 Å². The topological polar surface area (TPSA) is 69.4 Å². The molecule has 5 nitrogen and oxygen atoms in total. The number of nitro benzene ring substituents is 1. The second-order valence-corrected chi connectivity index (χ2v) is 4.47. The van der Waals surface area contributed by atoms with Gasteiger partial charge in [-0.15, -0.1) is 0 Å². The fraction of sp³-hybridized carbons (Fsp3) is 0.462. The van der Waals surface area contributed by atoms with E-state index in [0.717, 1.165) is 25.7 Å². The number of carbonyl (C=O) groups is 1. The predicted molar refractivity (Wildman–Crippen MR) is 65.4 cm³/mol. The van der Waals surface area contributed by atoms with Gasteiger partial charge in [0.05, 0.1) is 10.5 Å². The van der Waals surface area contributed by atoms with Gasteiger partial charge in [0, 0.05) is 12.1 Å². The second kappa shape index (κ2) is 5.62. The van der Waals surface area contributed by atoms with E-state index in [1.54, 1.807) is 0 Å². The summed E-state index contributed by atoms with van der Waals surface area (Å²) in [6.07, 6.45) is 5.22. The molecule has 5 heteroatoms. The van der Waals surface area contributed by atoms with E-state index in [4.69, 9.17) is 4.74 Å². The molecule has 1 aromatic rings. The van der Waals surface area contributed by atoms with Gasteiger partial charge in [-0.05, 0) is 37.8 Å². The van der Waals surface area contributed by atoms with Crippen molar-refractivity contribution in [2.45, 2.75) is 38.2 Å². The van der Waals surface area contributed by atoms with Crippen LogP contribution in [0, 0.1) is 10.1 Å². The number of carbonyl (C=O) groups excluding carboxylic acids is 1. The Hall–Kier alpha value is -1.91. The number of non-ortho nitro benzene ring substituents is 1. The van der Waals surface area contributed by atoms with Gasteiger partial charge in [-0.25, -0.2) is 4.79 Å². The highest BCUT2D eigenvalue weighted by molar-refractivity contribution is 5.89. The average Bonchev–Trinajstić information content (AvgIpc) is 2.40. The highest BCUT2D eigenvalue weighted by Crippen LogP contribution is 2.22. The fourth-order valence-corrected chi connectivity index (χ4v) is 2.12. The Morgan fingerprint density at radius 1 is 1.17 bits per heavy atom. The van der Waals surface area contributed by atoms with Crippen molar-refractivity contribution in [2.75, 3.05) is 0 Å². The maximum atomic E-state index is 11.8. The van der Waals surface area contributed by atoms with Gasteiger partial charge in [0.15, 0.2) is 0 Å². The molecular weight excluding hydrogens is 234 g/mol. The van der Waals surface area contributed by atoms with Crippen LogP contribution in [0.25, 0.3) is 0 Å². The molecule has 1 saturated carbocycles. The number of nitrogens with zero attached hydrogens (tertiary/aromatic N) is 1. The third kappa shape index (κ3) is 3.06. The van der Waals surface area contributed by atoms with Crippen LogP contribution in [-0.2, 0) is 4.74 Å². The maximum Gasteiger partial charge on any atom is 0.338 e. The van der Waals surface area contributed by atoms with Crippen molar-refractivity contribution in [2.24, 2.45) is 0 Å². The monoisotopic (exact) mass is 249 g/mol. The van der Waals surface area contributed by atoms with Crippen molar-refractivity contribution in [1.29, 1.82) is 0 Å². The molecule has 0 spiro atoms. The quantitative estimate of drug-likeness (QED) is 0.469. The minimum atomic E-state index is -0.490. The summed E-state index contributed by atoms with van der Waals surface area (Å²) >= 11 is 0. The summed E-state index contributed by atoms with van der Waals surface area (Å²) in [4.78, 5) is 21.8. The molecule has 0 amide bonds. The van der Waals surface area contributed by atoms with Crippen LogP contribution in [0.4, 0.5) is 5.69 Å². The van der Waals surface area contributed by atoms with E-state index in [1.807, 2.05) is 0 Å². The average molecular weight is 249 g/mol. The van der Waals surface area contributed by atoms with E-state index in [-0.39, 0.29) is 11.8 Å². The Bertz CT molecular complexity index is 435. The molecule has 0 bridgehead atoms. The molecule has 1 aliphatic carbocycles. The third-order valence-electron chi connectivity index (χ3n) is 3.14. The van der Waals surface area contributed by atoms with Gasteiger partial charge in [0.25, 0.3) is 5.69 Å². The zero-order valence-corrected chi connectivity index (χ0v) is 10.0. The lowest BCUT2D eigenvalue weighted by Gasteiger charge is -2.21. The molecule has 0 radical (unpaired) electrons. The summed E-state index contributed by atoms with van der Waals surface area (Å²) in [5.74, 6) is -0.392. The van der Waals surface area contributed by atoms with E-state index < -0.39 is 10.9 Å². The summed E-state index contributed by atoms with van der Waals surface area (Å²) in [7, 11) is 0. The molecular formula is C13H15NO4. The standard InChI is InChI=1S/C13H15NO4/c15-13(18-12-4-2-1-3-5-12)10-6-8-11(9-7-10)14(16)17/h6-9,12H,1-5H2. The van der Waals surface area contributed by atoms with E-state index in [0.29, 0.717) is 5.56 Å². The summed E-state index contributed by atoms with van der Waals surface area (Å²) in [5.41, 5.74) is 0.343. The van der Waals surface area contributed by atoms with Crippen LogP contribution in [0.15, 0.2) is 24.3 Å². The molecule has 96 valence electrons. The molecule has 0 heterocycles. The number of rotatable bonds is 3. The van der Waals surface area contributed by atoms with Crippen molar-refractivity contribution in [3.63, 3.8) is 0 Å². The van der Waals surface area contributed by atoms with Gasteiger partial charge >= 0.3 is 5.97 Å². The first-order valence-electron chi connectivity index (χ1n) is 6.12. The summed E-state index contributed by atoms with van der Waals surface area (Å²) < 4.78 is 5.37. The van der Waals surface area contributed by atoms with Crippen LogP contribution in [0.1, 0.15) is 42.5 Å². The second-order valence-electron chi connectivity index (χ2n) is 4.47. The van der Waals surface area contributed by atoms with Gasteiger partial charge in [0.1, 0.15) is 6.10 Å². The molecule has 1 fully saturated rings. The first kappa shape index (κ1) is 12.5. The van der Waals surface area contributed by atoms with Crippen molar-refractivity contribution >= 4 is 11.7 Å². The van der Waals surface area contributed by atoms with E-state index in [9.17, 15) is 14.9 Å². The smallest absolute Gasteiger partial charge is 0.338 e. The Kier molecular flexibility index (Phi) is 3.92. The number of ether oxygens (including phenoxy) is 1. The van der Waals surface area contributed by atoms with Gasteiger partial charge < -0.3 is 4.74 Å². The van der Waals surface area contributed by atoms with Crippen molar-refractivity contribution in [1.82, 2.24) is 0 Å². The highest BCUT2D eigenvalue weighted by Gasteiger charge is 2.19. The van der Waals surface area contributed by atoms with Crippen LogP contribution in [0.3, 0.4) is 0 Å². The lowest BCUT2D eigenvalue weighted by molar-refractivity contribution is -0.384. The first-order chi connectivity index (χ1) is 8.66. The summed E-state index contributed by atoms with van der Waals surface area (Å²) in [5, 5.41) is 10.5. The number of nitro groups is 1. The Labute approximate surface area is 105 Å². The normalized spacial score (nSPS) is 16.2. The number of esters is 1. The molecule has 18 heavy (non-hydrogen) atoms. The zero-order chi connectivity index (χ0) is 13.0. The molecule has 0 atom stereocenters. The lowest BCUT2D eigenvalue weighted by atomic mass is 9.98. The van der Waals surface area contributed by atoms with Gasteiger partial charge in [-0.3, -0.25) is 10.1 Å². The molecule has 0 aliphatic heterocycles. The molecule has 2 rings (SSSR count). The van der Waals surface area contributed by atoms with Crippen LogP contribution in [0.5, 0.6) is 0 Å². The Morgan fingerprint density at radius 3 is 2.33 bits per heavy atom. The SMILES string of the molecule is O=C(OC1CCCCC1)c1ccc([N+](=O)[O-])cc1. The molecule has 1 aromatic carbocycles. The maximum absolute atomic E-state index is 11.8. The molecule has 0 aromatic heterocycles. The largest absolute Gasteiger partial charge is 0.459 e. The van der Waals surface area contributed by atoms with E-state index >= 15 is 0 Å². The summed E-state index contributed by atoms with van der Waals surface area (Å²) in [6.45, 7) is 0. The number of hydrogen-bond donors (Lipinski definition) is 0. The van der Waals surface area contributed by atoms with Gasteiger partial charge in [0.2, 0.25) is 0 Å². The van der Waals surface area contributed by atoms with Crippen molar-refractivity contribution in [3.05, 3.63) is 39.9 Å². The fourth-order valence-electron chi connectivity index (χ4n) is 2.12. The number of benzene rings is 1. The molecule has 1 aliphatic rings. The van der Waals surface area contributed by atoms with Crippen molar-refractivity contribution in [3.8, 4) is 0 Å². The van der Waals surface area contributed by atoms with E-state index in [2.05, 4.69) is 0 Å². The van der Waals surface area contributed by atoms with Crippen LogP contribution in [0.2, 0.25) is 0 Å². The predicted octanol–water partition coefficient (Wildman–Crippen LogP) is 3.08. The minimum Gasteiger partial charge on any atom is -0.459 e. The van der Waals surface area contributed by atoms with Gasteiger partial charge in [-0.1, -0.05) is 6.42 Å². The minimum absolute atomic E-state index is 0.00134. The third-order valence-corrected chi connectivity index (χ3v) is 3.14. The Morgan fingerprint density at radius 2 is 1.78 bits per heavy atom. The molecule has 0 saturated heterocycles. The van der Waals surface area contributed by atoms with Crippen LogP contribution < -0.4 is 0 Å². The zero-order valence-electron chi connectivity index (χ0n) is 10.0. The highest BCUT2D eigenvalue weighted by atomic mass is 16.6. The molecule has 0 unspecified atom stereocenters. The summed E-state index contributed by atoms with van der Waals surface area (Å²) in [6, 6.07) is 5.50. The van der Waals surface area contributed by atoms with Crippen LogP contribution in [-0.4, -0.2) is 17.0 Å². The number of hydrogen-bond acceptors (Lipinski definition) is 4. The first-order valence-corrected chi connectivity index (χ1v) is 6.12. The van der Waals surface area contributed by atoms with Crippen LogP contribution >= 0.6 is 0 Å².